The Morgan fingerprint density at radius 3 is 2.67 bits per heavy atom. The SMILES string of the molecule is CC1(C)O[C@@H]2[C@@H](C[C@H]3[C@@H]4CC[C@@]56C=CC(=O)[C@@H]5[C@]6(C)[C@@]4(F)[C@@H](O)C[C@]23C)O1. The molecule has 5 fully saturated rings. The van der Waals surface area contributed by atoms with Gasteiger partial charge in [-0.1, -0.05) is 19.9 Å². The summed E-state index contributed by atoms with van der Waals surface area (Å²) in [5.74, 6) is -0.980. The Bertz CT molecular complexity index is 793. The van der Waals surface area contributed by atoms with Gasteiger partial charge in [-0.15, -0.1) is 0 Å². The predicted octanol–water partition coefficient (Wildman–Crippen LogP) is 3.18. The second-order valence-corrected chi connectivity index (χ2v) is 11.0. The number of aliphatic hydroxyl groups is 1. The van der Waals surface area contributed by atoms with Crippen LogP contribution in [0.4, 0.5) is 4.39 Å². The highest BCUT2D eigenvalue weighted by molar-refractivity contribution is 6.00. The van der Waals surface area contributed by atoms with E-state index >= 15 is 4.39 Å². The van der Waals surface area contributed by atoms with Gasteiger partial charge in [-0.25, -0.2) is 4.39 Å². The summed E-state index contributed by atoms with van der Waals surface area (Å²) < 4.78 is 29.3. The fourth-order valence-electron chi connectivity index (χ4n) is 8.75. The van der Waals surface area contributed by atoms with Gasteiger partial charge in [-0.2, -0.15) is 0 Å². The third-order valence-electron chi connectivity index (χ3n) is 9.78. The molecule has 4 saturated carbocycles. The molecule has 0 unspecified atom stereocenters. The molecule has 1 aliphatic heterocycles. The largest absolute Gasteiger partial charge is 0.390 e. The van der Waals surface area contributed by atoms with Crippen LogP contribution in [-0.4, -0.2) is 40.7 Å². The normalized spacial score (nSPS) is 64.6. The number of halogens is 1. The van der Waals surface area contributed by atoms with Crippen molar-refractivity contribution in [1.29, 1.82) is 0 Å². The summed E-state index contributed by atoms with van der Waals surface area (Å²) in [5, 5.41) is 11.2. The first-order valence-electron chi connectivity index (χ1n) is 10.5. The number of rotatable bonds is 0. The Hall–Kier alpha value is -0.780. The van der Waals surface area contributed by atoms with Gasteiger partial charge >= 0.3 is 0 Å². The van der Waals surface area contributed by atoms with E-state index in [0.717, 1.165) is 19.3 Å². The Morgan fingerprint density at radius 2 is 1.93 bits per heavy atom. The number of ether oxygens (including phenoxy) is 2. The second kappa shape index (κ2) is 4.36. The van der Waals surface area contributed by atoms with Crippen LogP contribution in [0.2, 0.25) is 0 Å². The van der Waals surface area contributed by atoms with Gasteiger partial charge in [0, 0.05) is 22.2 Å². The van der Waals surface area contributed by atoms with Crippen molar-refractivity contribution in [2.45, 2.75) is 83.1 Å². The maximum absolute atomic E-state index is 16.9. The third kappa shape index (κ3) is 1.53. The lowest BCUT2D eigenvalue weighted by molar-refractivity contribution is -0.229. The molecule has 0 amide bonds. The van der Waals surface area contributed by atoms with Crippen LogP contribution in [-0.2, 0) is 14.3 Å². The lowest BCUT2D eigenvalue weighted by Gasteiger charge is -2.58. The van der Waals surface area contributed by atoms with Gasteiger partial charge in [-0.05, 0) is 57.4 Å². The Balaban J connectivity index is 1.43. The molecule has 1 saturated heterocycles. The molecule has 0 aromatic carbocycles. The number of allylic oxidation sites excluding steroid dienone is 2. The highest BCUT2D eigenvalue weighted by atomic mass is 19.1. The minimum Gasteiger partial charge on any atom is -0.390 e. The van der Waals surface area contributed by atoms with Gasteiger partial charge in [0.15, 0.2) is 11.6 Å². The molecule has 148 valence electrons. The zero-order valence-corrected chi connectivity index (χ0v) is 16.5. The zero-order chi connectivity index (χ0) is 19.2. The summed E-state index contributed by atoms with van der Waals surface area (Å²) in [6, 6.07) is 0. The van der Waals surface area contributed by atoms with Crippen molar-refractivity contribution < 1.29 is 23.8 Å². The van der Waals surface area contributed by atoms with Crippen molar-refractivity contribution in [3.63, 3.8) is 0 Å². The third-order valence-corrected chi connectivity index (χ3v) is 9.78. The average molecular weight is 376 g/mol. The van der Waals surface area contributed by atoms with E-state index in [2.05, 4.69) is 6.92 Å². The summed E-state index contributed by atoms with van der Waals surface area (Å²) in [6.45, 7) is 7.93. The summed E-state index contributed by atoms with van der Waals surface area (Å²) in [7, 11) is 0. The van der Waals surface area contributed by atoms with Crippen LogP contribution in [0.15, 0.2) is 12.2 Å². The quantitative estimate of drug-likeness (QED) is 0.706. The van der Waals surface area contributed by atoms with E-state index < -0.39 is 23.0 Å². The van der Waals surface area contributed by atoms with E-state index in [0.29, 0.717) is 6.42 Å². The van der Waals surface area contributed by atoms with Crippen LogP contribution in [0.25, 0.3) is 0 Å². The van der Waals surface area contributed by atoms with Crippen LogP contribution in [0.1, 0.15) is 53.4 Å². The van der Waals surface area contributed by atoms with Gasteiger partial charge < -0.3 is 14.6 Å². The van der Waals surface area contributed by atoms with E-state index in [1.165, 1.54) is 0 Å². The van der Waals surface area contributed by atoms with Crippen LogP contribution in [0, 0.1) is 34.0 Å². The molecule has 6 aliphatic rings. The maximum atomic E-state index is 16.9. The van der Waals surface area contributed by atoms with E-state index in [9.17, 15) is 9.90 Å². The van der Waals surface area contributed by atoms with Gasteiger partial charge in [0.05, 0.1) is 18.3 Å². The molecule has 0 bridgehead atoms. The summed E-state index contributed by atoms with van der Waals surface area (Å²) in [6.07, 6.45) is 5.12. The monoisotopic (exact) mass is 376 g/mol. The summed E-state index contributed by atoms with van der Waals surface area (Å²) in [5.41, 5.74) is -3.14. The van der Waals surface area contributed by atoms with Crippen molar-refractivity contribution in [3.8, 4) is 0 Å². The standard InChI is InChI=1S/C22H29FO4/c1-18(2)26-14-9-12-11-5-7-21-8-6-13(24)16(21)20(21,4)22(11,23)15(25)10-19(12,3)17(14)27-18/h6,8,11-12,14-17,25H,5,7,9-10H2,1-4H3/t11-,12-,14+,15-,16+,17+,19-,20-,21+,22-/m0/s1. The molecule has 6 rings (SSSR count). The smallest absolute Gasteiger partial charge is 0.163 e. The van der Waals surface area contributed by atoms with Crippen LogP contribution in [0.5, 0.6) is 0 Å². The lowest BCUT2D eigenvalue weighted by atomic mass is 9.49. The number of carbonyl (C=O) groups excluding carboxylic acids is 1. The number of hydrogen-bond donors (Lipinski definition) is 1. The van der Waals surface area contributed by atoms with Crippen molar-refractivity contribution in [1.82, 2.24) is 0 Å². The highest BCUT2D eigenvalue weighted by Gasteiger charge is 2.89. The number of hydrogen-bond acceptors (Lipinski definition) is 4. The number of ketones is 1. The predicted molar refractivity (Wildman–Crippen MR) is 95.4 cm³/mol. The number of carbonyl (C=O) groups is 1. The first kappa shape index (κ1) is 17.1. The molecule has 10 atom stereocenters. The van der Waals surface area contributed by atoms with E-state index in [4.69, 9.17) is 9.47 Å². The van der Waals surface area contributed by atoms with Crippen LogP contribution >= 0.6 is 0 Å². The zero-order valence-electron chi connectivity index (χ0n) is 16.5. The molecule has 4 nitrogen and oxygen atoms in total. The molecule has 1 N–H and O–H groups in total. The first-order chi connectivity index (χ1) is 12.5. The van der Waals surface area contributed by atoms with Gasteiger partial charge in [0.1, 0.15) is 5.67 Å². The molecule has 1 heterocycles. The second-order valence-electron chi connectivity index (χ2n) is 11.0. The molecular weight excluding hydrogens is 347 g/mol. The van der Waals surface area contributed by atoms with E-state index in [-0.39, 0.29) is 46.6 Å². The van der Waals surface area contributed by atoms with Crippen LogP contribution in [0.3, 0.4) is 0 Å². The Labute approximate surface area is 159 Å². The molecule has 0 radical (unpaired) electrons. The number of fused-ring (bicyclic) bond motifs is 7. The molecular formula is C22H29FO4. The number of aliphatic hydroxyl groups excluding tert-OH is 1. The average Bonchev–Trinajstić information content (AvgIpc) is 2.81. The maximum Gasteiger partial charge on any atom is 0.163 e. The molecule has 27 heavy (non-hydrogen) atoms. The van der Waals surface area contributed by atoms with Crippen molar-refractivity contribution in [3.05, 3.63) is 12.2 Å². The minimum atomic E-state index is -1.71. The van der Waals surface area contributed by atoms with E-state index in [1.807, 2.05) is 26.8 Å². The topological polar surface area (TPSA) is 55.8 Å². The molecule has 5 heteroatoms. The lowest BCUT2D eigenvalue weighted by Crippen LogP contribution is -2.65. The van der Waals surface area contributed by atoms with Crippen molar-refractivity contribution in [2.24, 2.45) is 34.0 Å². The Morgan fingerprint density at radius 1 is 1.19 bits per heavy atom. The summed E-state index contributed by atoms with van der Waals surface area (Å²) >= 11 is 0. The molecule has 5 aliphatic carbocycles. The highest BCUT2D eigenvalue weighted by Crippen LogP contribution is 2.86. The Kier molecular flexibility index (Phi) is 2.77. The number of alkyl halides is 1. The first-order valence-corrected chi connectivity index (χ1v) is 10.5. The van der Waals surface area contributed by atoms with Crippen molar-refractivity contribution in [2.75, 3.05) is 0 Å². The van der Waals surface area contributed by atoms with Crippen molar-refractivity contribution >= 4 is 5.78 Å². The fourth-order valence-corrected chi connectivity index (χ4v) is 8.75. The molecule has 0 aromatic rings. The van der Waals surface area contributed by atoms with Gasteiger partial charge in [0.25, 0.3) is 0 Å². The summed E-state index contributed by atoms with van der Waals surface area (Å²) in [4.78, 5) is 12.5. The van der Waals surface area contributed by atoms with Gasteiger partial charge in [-0.3, -0.25) is 4.79 Å². The van der Waals surface area contributed by atoms with Crippen LogP contribution < -0.4 is 0 Å². The fraction of sp³-hybridized carbons (Fsp3) is 0.864. The minimum absolute atomic E-state index is 0.0338. The van der Waals surface area contributed by atoms with Gasteiger partial charge in [0.2, 0.25) is 0 Å². The molecule has 1 spiro atoms. The van der Waals surface area contributed by atoms with E-state index in [1.54, 1.807) is 6.08 Å². The molecule has 0 aromatic heterocycles.